The summed E-state index contributed by atoms with van der Waals surface area (Å²) in [5, 5.41) is 17.0. The molecule has 7 heteroatoms. The molecule has 0 spiro atoms. The van der Waals surface area contributed by atoms with Crippen molar-refractivity contribution in [2.75, 3.05) is 30.3 Å². The number of aromatic nitrogens is 1. The Balaban J connectivity index is 1.86. The van der Waals surface area contributed by atoms with Crippen molar-refractivity contribution in [3.05, 3.63) is 22.2 Å². The summed E-state index contributed by atoms with van der Waals surface area (Å²) in [6.07, 6.45) is 5.15. The van der Waals surface area contributed by atoms with Gasteiger partial charge >= 0.3 is 0 Å². The van der Waals surface area contributed by atoms with Crippen LogP contribution in [0.1, 0.15) is 32.6 Å². The lowest BCUT2D eigenvalue weighted by molar-refractivity contribution is -0.384. The summed E-state index contributed by atoms with van der Waals surface area (Å²) in [6, 6.07) is 2.88. The molecule has 0 amide bonds. The van der Waals surface area contributed by atoms with Crippen LogP contribution in [0.3, 0.4) is 0 Å². The highest BCUT2D eigenvalue weighted by Gasteiger charge is 2.15. The Bertz CT molecular complexity index is 475. The van der Waals surface area contributed by atoms with Crippen LogP contribution in [0, 0.1) is 10.1 Å². The predicted molar refractivity (Wildman–Crippen MR) is 81.8 cm³/mol. The van der Waals surface area contributed by atoms with Gasteiger partial charge in [0, 0.05) is 13.1 Å². The third-order valence-electron chi connectivity index (χ3n) is 3.44. The zero-order valence-electron chi connectivity index (χ0n) is 12.3. The Morgan fingerprint density at radius 3 is 2.62 bits per heavy atom. The number of ether oxygens (including phenoxy) is 1. The molecule has 1 heterocycles. The Kier molecular flexibility index (Phi) is 5.74. The lowest BCUT2D eigenvalue weighted by Gasteiger charge is -2.12. The minimum Gasteiger partial charge on any atom is -0.376 e. The first kappa shape index (κ1) is 15.5. The van der Waals surface area contributed by atoms with Crippen molar-refractivity contribution in [1.29, 1.82) is 0 Å². The molecule has 21 heavy (non-hydrogen) atoms. The lowest BCUT2D eigenvalue weighted by atomic mass is 10.3. The van der Waals surface area contributed by atoms with Crippen LogP contribution >= 0.6 is 0 Å². The quantitative estimate of drug-likeness (QED) is 0.435. The van der Waals surface area contributed by atoms with Crippen molar-refractivity contribution in [3.8, 4) is 0 Å². The molecule has 1 aliphatic rings. The summed E-state index contributed by atoms with van der Waals surface area (Å²) in [5.41, 5.74) is 0.0279. The van der Waals surface area contributed by atoms with E-state index < -0.39 is 4.92 Å². The van der Waals surface area contributed by atoms with Crippen LogP contribution in [0.5, 0.6) is 0 Å². The fraction of sp³-hybridized carbons (Fsp3) is 0.643. The summed E-state index contributed by atoms with van der Waals surface area (Å²) in [6.45, 7) is 3.77. The second-order valence-electron chi connectivity index (χ2n) is 5.09. The monoisotopic (exact) mass is 294 g/mol. The Morgan fingerprint density at radius 2 is 2.00 bits per heavy atom. The molecule has 7 nitrogen and oxygen atoms in total. The van der Waals surface area contributed by atoms with Crippen LogP contribution in [0.25, 0.3) is 0 Å². The molecule has 1 aliphatic carbocycles. The SMILES string of the molecule is CCNc1cc([N+](=O)[O-])cc(NCCOC2CCCC2)n1. The number of hydrogen-bond acceptors (Lipinski definition) is 6. The second-order valence-corrected chi connectivity index (χ2v) is 5.09. The molecule has 0 aromatic carbocycles. The number of anilines is 2. The second kappa shape index (κ2) is 7.78. The topological polar surface area (TPSA) is 89.3 Å². The van der Waals surface area contributed by atoms with Crippen LogP contribution in [0.15, 0.2) is 12.1 Å². The summed E-state index contributed by atoms with van der Waals surface area (Å²) >= 11 is 0. The van der Waals surface area contributed by atoms with E-state index in [0.717, 1.165) is 12.8 Å². The highest BCUT2D eigenvalue weighted by atomic mass is 16.6. The zero-order valence-corrected chi connectivity index (χ0v) is 12.3. The smallest absolute Gasteiger partial charge is 0.276 e. The van der Waals surface area contributed by atoms with Gasteiger partial charge in [0.05, 0.1) is 29.8 Å². The van der Waals surface area contributed by atoms with Gasteiger partial charge in [0.15, 0.2) is 0 Å². The van der Waals surface area contributed by atoms with Crippen molar-refractivity contribution in [2.45, 2.75) is 38.7 Å². The van der Waals surface area contributed by atoms with Crippen molar-refractivity contribution in [2.24, 2.45) is 0 Å². The first-order valence-electron chi connectivity index (χ1n) is 7.45. The Morgan fingerprint density at radius 1 is 1.33 bits per heavy atom. The van der Waals surface area contributed by atoms with E-state index in [4.69, 9.17) is 4.74 Å². The van der Waals surface area contributed by atoms with E-state index in [1.807, 2.05) is 6.92 Å². The van der Waals surface area contributed by atoms with Crippen molar-refractivity contribution >= 4 is 17.3 Å². The molecule has 0 radical (unpaired) electrons. The molecular formula is C14H22N4O3. The fourth-order valence-corrected chi connectivity index (χ4v) is 2.44. The molecule has 0 atom stereocenters. The van der Waals surface area contributed by atoms with E-state index in [1.54, 1.807) is 0 Å². The van der Waals surface area contributed by atoms with Gasteiger partial charge < -0.3 is 15.4 Å². The lowest BCUT2D eigenvalue weighted by Crippen LogP contribution is -2.16. The summed E-state index contributed by atoms with van der Waals surface area (Å²) in [5.74, 6) is 1.00. The van der Waals surface area contributed by atoms with Crippen LogP contribution in [0.4, 0.5) is 17.3 Å². The normalized spacial score (nSPS) is 15.1. The molecular weight excluding hydrogens is 272 g/mol. The van der Waals surface area contributed by atoms with Crippen LogP contribution < -0.4 is 10.6 Å². The maximum atomic E-state index is 10.9. The highest BCUT2D eigenvalue weighted by molar-refractivity contribution is 5.54. The van der Waals surface area contributed by atoms with Crippen LogP contribution in [-0.4, -0.2) is 35.7 Å². The molecule has 1 aromatic rings. The zero-order chi connectivity index (χ0) is 15.1. The number of nitro groups is 1. The molecule has 2 N–H and O–H groups in total. The van der Waals surface area contributed by atoms with Crippen molar-refractivity contribution in [1.82, 2.24) is 4.98 Å². The molecule has 2 rings (SSSR count). The Hall–Kier alpha value is -1.89. The third kappa shape index (κ3) is 4.86. The van der Waals surface area contributed by atoms with Crippen molar-refractivity contribution in [3.63, 3.8) is 0 Å². The van der Waals surface area contributed by atoms with E-state index in [0.29, 0.717) is 37.4 Å². The van der Waals surface area contributed by atoms with Crippen molar-refractivity contribution < 1.29 is 9.66 Å². The van der Waals surface area contributed by atoms with Gasteiger partial charge in [-0.3, -0.25) is 10.1 Å². The van der Waals surface area contributed by atoms with Crippen LogP contribution in [0.2, 0.25) is 0 Å². The van der Waals surface area contributed by atoms with Gasteiger partial charge in [-0.25, -0.2) is 4.98 Å². The van der Waals surface area contributed by atoms with Gasteiger partial charge in [0.1, 0.15) is 11.6 Å². The van der Waals surface area contributed by atoms with E-state index in [1.165, 1.54) is 25.0 Å². The average molecular weight is 294 g/mol. The van der Waals surface area contributed by atoms with E-state index >= 15 is 0 Å². The number of rotatable bonds is 8. The fourth-order valence-electron chi connectivity index (χ4n) is 2.44. The average Bonchev–Trinajstić information content (AvgIpc) is 2.97. The first-order valence-corrected chi connectivity index (χ1v) is 7.45. The molecule has 0 saturated heterocycles. The maximum absolute atomic E-state index is 10.9. The number of nitrogens with one attached hydrogen (secondary N) is 2. The molecule has 1 aromatic heterocycles. The minimum atomic E-state index is -0.414. The highest BCUT2D eigenvalue weighted by Crippen LogP contribution is 2.22. The van der Waals surface area contributed by atoms with Crippen LogP contribution in [-0.2, 0) is 4.74 Å². The summed E-state index contributed by atoms with van der Waals surface area (Å²) < 4.78 is 5.74. The maximum Gasteiger partial charge on any atom is 0.276 e. The molecule has 0 bridgehead atoms. The van der Waals surface area contributed by atoms with Gasteiger partial charge in [-0.1, -0.05) is 12.8 Å². The molecule has 116 valence electrons. The standard InChI is InChI=1S/C14H22N4O3/c1-2-15-13-9-11(18(19)20)10-14(17-13)16-7-8-21-12-5-3-4-6-12/h9-10,12H,2-8H2,1H3,(H2,15,16,17). The van der Waals surface area contributed by atoms with Gasteiger partial charge in [0.2, 0.25) is 0 Å². The van der Waals surface area contributed by atoms with E-state index in [2.05, 4.69) is 15.6 Å². The molecule has 0 aliphatic heterocycles. The number of hydrogen-bond donors (Lipinski definition) is 2. The van der Waals surface area contributed by atoms with E-state index in [-0.39, 0.29) is 5.69 Å². The summed E-state index contributed by atoms with van der Waals surface area (Å²) in [7, 11) is 0. The largest absolute Gasteiger partial charge is 0.376 e. The van der Waals surface area contributed by atoms with Gasteiger partial charge in [-0.2, -0.15) is 0 Å². The predicted octanol–water partition coefficient (Wildman–Crippen LogP) is 2.79. The molecule has 0 unspecified atom stereocenters. The molecule has 1 saturated carbocycles. The third-order valence-corrected chi connectivity index (χ3v) is 3.44. The van der Waals surface area contributed by atoms with Gasteiger partial charge in [-0.15, -0.1) is 0 Å². The number of pyridine rings is 1. The Labute approximate surface area is 124 Å². The van der Waals surface area contributed by atoms with Gasteiger partial charge in [-0.05, 0) is 19.8 Å². The minimum absolute atomic E-state index is 0.0279. The van der Waals surface area contributed by atoms with Gasteiger partial charge in [0.25, 0.3) is 5.69 Å². The first-order chi connectivity index (χ1) is 10.2. The molecule has 1 fully saturated rings. The van der Waals surface area contributed by atoms with E-state index in [9.17, 15) is 10.1 Å². The number of nitrogens with zero attached hydrogens (tertiary/aromatic N) is 2. The summed E-state index contributed by atoms with van der Waals surface area (Å²) in [4.78, 5) is 14.8.